The van der Waals surface area contributed by atoms with E-state index in [9.17, 15) is 14.4 Å². The smallest absolute Gasteiger partial charge is 0.336 e. The van der Waals surface area contributed by atoms with E-state index < -0.39 is 17.8 Å². The number of fused-ring (bicyclic) bond motifs is 1. The standard InChI is InChI=1S/C20H19N3O6/c1-27-15-8-7-12(11-16(15)28-2)18(21)22-29-17(24)9-10-23-19(25)13-5-3-4-6-14(13)20(23)26/h3-8,11H,9-10H2,1-2H3,(H2,21,22). The highest BCUT2D eigenvalue weighted by Gasteiger charge is 2.35. The van der Waals surface area contributed by atoms with Gasteiger partial charge in [0, 0.05) is 12.1 Å². The number of amides is 2. The van der Waals surface area contributed by atoms with Crippen LogP contribution in [0.1, 0.15) is 32.7 Å². The quantitative estimate of drug-likeness (QED) is 0.247. The number of nitrogens with zero attached hydrogens (tertiary/aromatic N) is 2. The maximum Gasteiger partial charge on any atom is 0.336 e. The lowest BCUT2D eigenvalue weighted by Crippen LogP contribution is -2.32. The van der Waals surface area contributed by atoms with Crippen LogP contribution in [0, 0.1) is 0 Å². The fourth-order valence-electron chi connectivity index (χ4n) is 2.84. The van der Waals surface area contributed by atoms with Gasteiger partial charge >= 0.3 is 5.97 Å². The fourth-order valence-corrected chi connectivity index (χ4v) is 2.84. The fraction of sp³-hybridized carbons (Fsp3) is 0.200. The van der Waals surface area contributed by atoms with Crippen LogP contribution in [0.5, 0.6) is 11.5 Å². The summed E-state index contributed by atoms with van der Waals surface area (Å²) in [5.74, 6) is -0.689. The molecule has 0 unspecified atom stereocenters. The lowest BCUT2D eigenvalue weighted by atomic mass is 10.1. The lowest BCUT2D eigenvalue weighted by Gasteiger charge is -2.12. The summed E-state index contributed by atoms with van der Waals surface area (Å²) in [5.41, 5.74) is 6.95. The number of ether oxygens (including phenoxy) is 2. The highest BCUT2D eigenvalue weighted by molar-refractivity contribution is 6.21. The molecule has 9 heteroatoms. The van der Waals surface area contributed by atoms with Crippen molar-refractivity contribution >= 4 is 23.6 Å². The van der Waals surface area contributed by atoms with Gasteiger partial charge in [-0.05, 0) is 30.3 Å². The normalized spacial score (nSPS) is 13.3. The number of hydrogen-bond donors (Lipinski definition) is 1. The molecule has 0 atom stereocenters. The minimum atomic E-state index is -0.731. The number of rotatable bonds is 7. The van der Waals surface area contributed by atoms with Crippen molar-refractivity contribution in [3.8, 4) is 11.5 Å². The average Bonchev–Trinajstić information content (AvgIpc) is 3.00. The third-order valence-electron chi connectivity index (χ3n) is 4.34. The van der Waals surface area contributed by atoms with Crippen LogP contribution in [0.2, 0.25) is 0 Å². The predicted molar refractivity (Wildman–Crippen MR) is 103 cm³/mol. The maximum atomic E-state index is 12.3. The Hall–Kier alpha value is -3.88. The Kier molecular flexibility index (Phi) is 5.77. The number of amidine groups is 1. The zero-order valence-electron chi connectivity index (χ0n) is 15.9. The molecule has 1 aliphatic heterocycles. The molecule has 1 heterocycles. The Morgan fingerprint density at radius 1 is 1.00 bits per heavy atom. The molecule has 0 aromatic heterocycles. The van der Waals surface area contributed by atoms with Crippen LogP contribution >= 0.6 is 0 Å². The van der Waals surface area contributed by atoms with E-state index in [-0.39, 0.29) is 18.8 Å². The highest BCUT2D eigenvalue weighted by Crippen LogP contribution is 2.27. The molecule has 2 amide bonds. The second-order valence-corrected chi connectivity index (χ2v) is 6.07. The van der Waals surface area contributed by atoms with Crippen LogP contribution in [0.25, 0.3) is 0 Å². The Balaban J connectivity index is 1.59. The van der Waals surface area contributed by atoms with Crippen molar-refractivity contribution < 1.29 is 28.7 Å². The van der Waals surface area contributed by atoms with Crippen molar-refractivity contribution in [2.75, 3.05) is 20.8 Å². The molecular weight excluding hydrogens is 378 g/mol. The van der Waals surface area contributed by atoms with Crippen molar-refractivity contribution in [3.63, 3.8) is 0 Å². The average molecular weight is 397 g/mol. The van der Waals surface area contributed by atoms with Gasteiger partial charge in [-0.3, -0.25) is 14.5 Å². The minimum Gasteiger partial charge on any atom is -0.493 e. The third kappa shape index (κ3) is 4.03. The van der Waals surface area contributed by atoms with Crippen LogP contribution in [0.15, 0.2) is 47.6 Å². The molecular formula is C20H19N3O6. The van der Waals surface area contributed by atoms with E-state index in [1.807, 2.05) is 0 Å². The molecule has 1 aliphatic rings. The SMILES string of the molecule is COc1ccc(C(N)=NOC(=O)CCN2C(=O)c3ccccc3C2=O)cc1OC. The summed E-state index contributed by atoms with van der Waals surface area (Å²) in [6.45, 7) is -0.114. The Morgan fingerprint density at radius 3 is 2.21 bits per heavy atom. The first kappa shape index (κ1) is 19.9. The van der Waals surface area contributed by atoms with Crippen molar-refractivity contribution in [2.45, 2.75) is 6.42 Å². The molecule has 3 rings (SSSR count). The molecule has 0 spiro atoms. The number of hydrogen-bond acceptors (Lipinski definition) is 7. The largest absolute Gasteiger partial charge is 0.493 e. The molecule has 150 valence electrons. The monoisotopic (exact) mass is 397 g/mol. The summed E-state index contributed by atoms with van der Waals surface area (Å²) in [5, 5.41) is 3.61. The molecule has 0 aliphatic carbocycles. The van der Waals surface area contributed by atoms with E-state index in [1.165, 1.54) is 14.2 Å². The van der Waals surface area contributed by atoms with Crippen LogP contribution in [-0.4, -0.2) is 49.3 Å². The lowest BCUT2D eigenvalue weighted by molar-refractivity contribution is -0.143. The van der Waals surface area contributed by atoms with Gasteiger partial charge in [0.2, 0.25) is 0 Å². The second-order valence-electron chi connectivity index (χ2n) is 6.07. The number of imide groups is 1. The third-order valence-corrected chi connectivity index (χ3v) is 4.34. The number of nitrogens with two attached hydrogens (primary N) is 1. The number of carbonyl (C=O) groups is 3. The summed E-state index contributed by atoms with van der Waals surface area (Å²) in [4.78, 5) is 42.3. The highest BCUT2D eigenvalue weighted by atomic mass is 16.7. The second kappa shape index (κ2) is 8.42. The molecule has 9 nitrogen and oxygen atoms in total. The minimum absolute atomic E-state index is 0.0416. The van der Waals surface area contributed by atoms with Gasteiger partial charge in [-0.2, -0.15) is 0 Å². The van der Waals surface area contributed by atoms with Gasteiger partial charge < -0.3 is 20.0 Å². The van der Waals surface area contributed by atoms with Crippen molar-refractivity contribution in [1.29, 1.82) is 0 Å². The topological polar surface area (TPSA) is 121 Å². The predicted octanol–water partition coefficient (Wildman–Crippen LogP) is 1.55. The van der Waals surface area contributed by atoms with Gasteiger partial charge in [-0.15, -0.1) is 0 Å². The van der Waals surface area contributed by atoms with E-state index in [2.05, 4.69) is 5.16 Å². The molecule has 29 heavy (non-hydrogen) atoms. The molecule has 2 aromatic rings. The number of carbonyl (C=O) groups excluding carboxylic acids is 3. The molecule has 2 N–H and O–H groups in total. The van der Waals surface area contributed by atoms with Gasteiger partial charge in [-0.25, -0.2) is 4.79 Å². The first-order chi connectivity index (χ1) is 14.0. The summed E-state index contributed by atoms with van der Waals surface area (Å²) >= 11 is 0. The molecule has 0 radical (unpaired) electrons. The Bertz CT molecular complexity index is 966. The van der Waals surface area contributed by atoms with Crippen molar-refractivity contribution in [1.82, 2.24) is 4.90 Å². The summed E-state index contributed by atoms with van der Waals surface area (Å²) < 4.78 is 10.3. The van der Waals surface area contributed by atoms with E-state index in [1.54, 1.807) is 42.5 Å². The maximum absolute atomic E-state index is 12.3. The first-order valence-electron chi connectivity index (χ1n) is 8.67. The van der Waals surface area contributed by atoms with Gasteiger partial charge in [0.15, 0.2) is 17.3 Å². The van der Waals surface area contributed by atoms with Gasteiger partial charge in [0.05, 0.1) is 31.8 Å². The zero-order chi connectivity index (χ0) is 21.0. The summed E-state index contributed by atoms with van der Waals surface area (Å²) in [6, 6.07) is 11.3. The van der Waals surface area contributed by atoms with Crippen molar-refractivity contribution in [3.05, 3.63) is 59.2 Å². The Labute approximate surface area is 166 Å². The van der Waals surface area contributed by atoms with E-state index >= 15 is 0 Å². The van der Waals surface area contributed by atoms with Crippen LogP contribution in [-0.2, 0) is 9.63 Å². The van der Waals surface area contributed by atoms with Crippen LogP contribution in [0.3, 0.4) is 0 Å². The van der Waals surface area contributed by atoms with E-state index in [0.29, 0.717) is 28.2 Å². The molecule has 2 aromatic carbocycles. The van der Waals surface area contributed by atoms with Crippen LogP contribution < -0.4 is 15.2 Å². The van der Waals surface area contributed by atoms with Gasteiger partial charge in [-0.1, -0.05) is 17.3 Å². The first-order valence-corrected chi connectivity index (χ1v) is 8.67. The van der Waals surface area contributed by atoms with Crippen LogP contribution in [0.4, 0.5) is 0 Å². The van der Waals surface area contributed by atoms with Gasteiger partial charge in [0.25, 0.3) is 11.8 Å². The van der Waals surface area contributed by atoms with E-state index in [0.717, 1.165) is 4.90 Å². The van der Waals surface area contributed by atoms with Gasteiger partial charge in [0.1, 0.15) is 0 Å². The molecule has 0 bridgehead atoms. The molecule has 0 fully saturated rings. The molecule has 0 saturated carbocycles. The number of methoxy groups -OCH3 is 2. The summed E-state index contributed by atoms with van der Waals surface area (Å²) in [6.07, 6.45) is -0.214. The Morgan fingerprint density at radius 2 is 1.62 bits per heavy atom. The molecule has 0 saturated heterocycles. The number of benzene rings is 2. The van der Waals surface area contributed by atoms with Crippen molar-refractivity contribution in [2.24, 2.45) is 10.9 Å². The van der Waals surface area contributed by atoms with E-state index in [4.69, 9.17) is 20.0 Å². The zero-order valence-corrected chi connectivity index (χ0v) is 15.9. The number of oxime groups is 1. The summed E-state index contributed by atoms with van der Waals surface area (Å²) in [7, 11) is 2.99.